The Kier molecular flexibility index (Phi) is 3.69. The van der Waals surface area contributed by atoms with Crippen molar-refractivity contribution in [2.45, 2.75) is 19.8 Å². The number of halogens is 1. The molecule has 0 atom stereocenters. The maximum absolute atomic E-state index is 9.77. The molecule has 84 valence electrons. The Morgan fingerprint density at radius 2 is 1.87 bits per heavy atom. The minimum atomic E-state index is 0.123. The van der Waals surface area contributed by atoms with Crippen molar-refractivity contribution in [3.63, 3.8) is 0 Å². The van der Waals surface area contributed by atoms with Crippen LogP contribution in [0.4, 0.5) is 0 Å². The first-order valence-electron chi connectivity index (χ1n) is 4.66. The first kappa shape index (κ1) is 12.0. The van der Waals surface area contributed by atoms with Gasteiger partial charge >= 0.3 is 0 Å². The van der Waals surface area contributed by atoms with E-state index in [1.807, 2.05) is 13.8 Å². The summed E-state index contributed by atoms with van der Waals surface area (Å²) in [4.78, 5) is 0. The van der Waals surface area contributed by atoms with Crippen LogP contribution in [0.5, 0.6) is 17.2 Å². The lowest BCUT2D eigenvalue weighted by molar-refractivity contribution is 0.350. The van der Waals surface area contributed by atoms with Gasteiger partial charge in [0, 0.05) is 11.6 Å². The number of benzene rings is 1. The van der Waals surface area contributed by atoms with Gasteiger partial charge in [-0.05, 0) is 5.92 Å². The Hall–Kier alpha value is -1.09. The lowest BCUT2D eigenvalue weighted by Gasteiger charge is -2.16. The molecule has 1 N–H and O–H groups in total. The zero-order chi connectivity index (χ0) is 11.6. The standard InChI is InChI=1S/C11H15ClO3/c1-6(2)9-7(13)5-8(14-3)11(15-4)10(9)12/h5-6,13H,1-4H3. The monoisotopic (exact) mass is 230 g/mol. The highest BCUT2D eigenvalue weighted by atomic mass is 35.5. The number of phenolic OH excluding ortho intramolecular Hbond substituents is 1. The minimum Gasteiger partial charge on any atom is -0.507 e. The van der Waals surface area contributed by atoms with Gasteiger partial charge < -0.3 is 14.6 Å². The van der Waals surface area contributed by atoms with Crippen LogP contribution in [0.3, 0.4) is 0 Å². The highest BCUT2D eigenvalue weighted by molar-refractivity contribution is 6.33. The van der Waals surface area contributed by atoms with E-state index in [1.54, 1.807) is 0 Å². The normalized spacial score (nSPS) is 10.5. The Morgan fingerprint density at radius 1 is 1.27 bits per heavy atom. The number of ether oxygens (including phenoxy) is 2. The van der Waals surface area contributed by atoms with E-state index >= 15 is 0 Å². The van der Waals surface area contributed by atoms with E-state index in [9.17, 15) is 5.11 Å². The van der Waals surface area contributed by atoms with Crippen LogP contribution in [0.2, 0.25) is 5.02 Å². The molecule has 0 saturated carbocycles. The fourth-order valence-corrected chi connectivity index (χ4v) is 1.99. The molecule has 15 heavy (non-hydrogen) atoms. The Morgan fingerprint density at radius 3 is 2.27 bits per heavy atom. The van der Waals surface area contributed by atoms with E-state index in [4.69, 9.17) is 21.1 Å². The first-order chi connectivity index (χ1) is 7.02. The maximum atomic E-state index is 9.77. The van der Waals surface area contributed by atoms with Crippen LogP contribution in [0.15, 0.2) is 6.07 Å². The largest absolute Gasteiger partial charge is 0.507 e. The Bertz CT molecular complexity index is 361. The molecule has 3 nitrogen and oxygen atoms in total. The highest BCUT2D eigenvalue weighted by Crippen LogP contribution is 2.45. The lowest BCUT2D eigenvalue weighted by Crippen LogP contribution is -1.97. The van der Waals surface area contributed by atoms with Crippen molar-refractivity contribution in [1.82, 2.24) is 0 Å². The molecule has 0 aliphatic carbocycles. The average molecular weight is 231 g/mol. The van der Waals surface area contributed by atoms with Crippen molar-refractivity contribution in [2.75, 3.05) is 14.2 Å². The topological polar surface area (TPSA) is 38.7 Å². The maximum Gasteiger partial charge on any atom is 0.179 e. The van der Waals surface area contributed by atoms with Crippen LogP contribution < -0.4 is 9.47 Å². The summed E-state index contributed by atoms with van der Waals surface area (Å²) in [6.45, 7) is 3.90. The summed E-state index contributed by atoms with van der Waals surface area (Å²) >= 11 is 6.13. The van der Waals surface area contributed by atoms with E-state index in [-0.39, 0.29) is 11.7 Å². The predicted octanol–water partition coefficient (Wildman–Crippen LogP) is 3.19. The van der Waals surface area contributed by atoms with Gasteiger partial charge in [-0.25, -0.2) is 0 Å². The molecule has 0 radical (unpaired) electrons. The summed E-state index contributed by atoms with van der Waals surface area (Å²) in [6.07, 6.45) is 0. The first-order valence-corrected chi connectivity index (χ1v) is 5.04. The van der Waals surface area contributed by atoms with Crippen LogP contribution >= 0.6 is 11.6 Å². The van der Waals surface area contributed by atoms with E-state index in [1.165, 1.54) is 20.3 Å². The van der Waals surface area contributed by atoms with Gasteiger partial charge in [-0.3, -0.25) is 0 Å². The number of rotatable bonds is 3. The molecule has 1 rings (SSSR count). The number of aromatic hydroxyl groups is 1. The molecule has 0 fully saturated rings. The molecular formula is C11H15ClO3. The number of hydrogen-bond acceptors (Lipinski definition) is 3. The molecule has 0 spiro atoms. The van der Waals surface area contributed by atoms with Gasteiger partial charge in [-0.15, -0.1) is 0 Å². The zero-order valence-electron chi connectivity index (χ0n) is 9.30. The molecule has 4 heteroatoms. The Labute approximate surface area is 94.6 Å². The van der Waals surface area contributed by atoms with Gasteiger partial charge in [0.25, 0.3) is 0 Å². The van der Waals surface area contributed by atoms with E-state index in [2.05, 4.69) is 0 Å². The zero-order valence-corrected chi connectivity index (χ0v) is 10.1. The third kappa shape index (κ3) is 2.12. The lowest BCUT2D eigenvalue weighted by atomic mass is 10.0. The van der Waals surface area contributed by atoms with Gasteiger partial charge in [0.05, 0.1) is 19.2 Å². The van der Waals surface area contributed by atoms with Crippen LogP contribution in [0.1, 0.15) is 25.3 Å². The summed E-state index contributed by atoms with van der Waals surface area (Å²) in [7, 11) is 3.02. The van der Waals surface area contributed by atoms with E-state index in [0.717, 1.165) is 0 Å². The fraction of sp³-hybridized carbons (Fsp3) is 0.455. The van der Waals surface area contributed by atoms with Gasteiger partial charge in [-0.2, -0.15) is 0 Å². The second-order valence-corrected chi connectivity index (χ2v) is 3.89. The average Bonchev–Trinajstić information content (AvgIpc) is 2.16. The molecule has 0 bridgehead atoms. The smallest absolute Gasteiger partial charge is 0.179 e. The van der Waals surface area contributed by atoms with Crippen molar-refractivity contribution in [1.29, 1.82) is 0 Å². The molecule has 0 aliphatic heterocycles. The molecule has 1 aromatic rings. The predicted molar refractivity (Wildman–Crippen MR) is 60.3 cm³/mol. The SMILES string of the molecule is COc1cc(O)c(C(C)C)c(Cl)c1OC. The van der Waals surface area contributed by atoms with E-state index < -0.39 is 0 Å². The third-order valence-corrected chi connectivity index (χ3v) is 2.58. The molecular weight excluding hydrogens is 216 g/mol. The number of phenols is 1. The fourth-order valence-electron chi connectivity index (χ4n) is 1.50. The number of methoxy groups -OCH3 is 2. The summed E-state index contributed by atoms with van der Waals surface area (Å²) < 4.78 is 10.2. The van der Waals surface area contributed by atoms with Crippen LogP contribution in [-0.4, -0.2) is 19.3 Å². The van der Waals surface area contributed by atoms with Crippen LogP contribution in [-0.2, 0) is 0 Å². The second kappa shape index (κ2) is 4.62. The van der Waals surface area contributed by atoms with E-state index in [0.29, 0.717) is 22.1 Å². The molecule has 0 aliphatic rings. The van der Waals surface area contributed by atoms with Gasteiger partial charge in [0.1, 0.15) is 5.75 Å². The van der Waals surface area contributed by atoms with Crippen molar-refractivity contribution < 1.29 is 14.6 Å². The highest BCUT2D eigenvalue weighted by Gasteiger charge is 2.19. The summed E-state index contributed by atoms with van der Waals surface area (Å²) in [6, 6.07) is 1.51. The van der Waals surface area contributed by atoms with Crippen LogP contribution in [0.25, 0.3) is 0 Å². The second-order valence-electron chi connectivity index (χ2n) is 3.51. The number of hydrogen-bond donors (Lipinski definition) is 1. The molecule has 0 aromatic heterocycles. The third-order valence-electron chi connectivity index (χ3n) is 2.20. The molecule has 1 aromatic carbocycles. The molecule has 0 saturated heterocycles. The Balaban J connectivity index is 3.44. The molecule has 0 heterocycles. The van der Waals surface area contributed by atoms with Crippen molar-refractivity contribution in [2.24, 2.45) is 0 Å². The summed E-state index contributed by atoms with van der Waals surface area (Å²) in [5, 5.41) is 10.2. The van der Waals surface area contributed by atoms with Crippen LogP contribution in [0, 0.1) is 0 Å². The quantitative estimate of drug-likeness (QED) is 0.867. The van der Waals surface area contributed by atoms with Gasteiger partial charge in [0.2, 0.25) is 0 Å². The van der Waals surface area contributed by atoms with Gasteiger partial charge in [-0.1, -0.05) is 25.4 Å². The van der Waals surface area contributed by atoms with Crippen molar-refractivity contribution in [3.05, 3.63) is 16.7 Å². The summed E-state index contributed by atoms with van der Waals surface area (Å²) in [5.74, 6) is 1.15. The van der Waals surface area contributed by atoms with Crippen molar-refractivity contribution >= 4 is 11.6 Å². The summed E-state index contributed by atoms with van der Waals surface area (Å²) in [5.41, 5.74) is 0.675. The molecule has 0 amide bonds. The minimum absolute atomic E-state index is 0.123. The van der Waals surface area contributed by atoms with Crippen molar-refractivity contribution in [3.8, 4) is 17.2 Å². The van der Waals surface area contributed by atoms with Gasteiger partial charge in [0.15, 0.2) is 11.5 Å². The molecule has 0 unspecified atom stereocenters.